The number of hydrogen-bond acceptors (Lipinski definition) is 5. The highest BCUT2D eigenvalue weighted by molar-refractivity contribution is 5.92. The predicted molar refractivity (Wildman–Crippen MR) is 120 cm³/mol. The van der Waals surface area contributed by atoms with Gasteiger partial charge in [0.05, 0.1) is 12.8 Å². The molecule has 0 radical (unpaired) electrons. The molecule has 3 rings (SSSR count). The summed E-state index contributed by atoms with van der Waals surface area (Å²) in [5, 5.41) is 4.72. The lowest BCUT2D eigenvalue weighted by molar-refractivity contribution is -0.145. The molecule has 0 amide bonds. The average Bonchev–Trinajstić information content (AvgIpc) is 3.20. The number of ketones is 1. The van der Waals surface area contributed by atoms with Gasteiger partial charge in [-0.3, -0.25) is 4.79 Å². The maximum absolute atomic E-state index is 12.2. The highest BCUT2D eigenvalue weighted by Gasteiger charge is 2.22. The van der Waals surface area contributed by atoms with Gasteiger partial charge < -0.3 is 9.47 Å². The third-order valence-electron chi connectivity index (χ3n) is 4.71. The molecule has 31 heavy (non-hydrogen) atoms. The molecule has 0 aliphatic rings. The molecule has 0 saturated carbocycles. The molecule has 0 bridgehead atoms. The number of rotatable bonds is 7. The molecule has 0 atom stereocenters. The summed E-state index contributed by atoms with van der Waals surface area (Å²) in [7, 11) is 1.60. The van der Waals surface area contributed by atoms with E-state index in [0.717, 1.165) is 11.3 Å². The van der Waals surface area contributed by atoms with E-state index in [1.54, 1.807) is 38.6 Å². The minimum atomic E-state index is -0.587. The topological polar surface area (TPSA) is 70.4 Å². The van der Waals surface area contributed by atoms with Gasteiger partial charge >= 0.3 is 5.97 Å². The Balaban J connectivity index is 1.91. The van der Waals surface area contributed by atoms with Crippen molar-refractivity contribution >= 4 is 17.8 Å². The normalized spacial score (nSPS) is 11.5. The molecule has 0 spiro atoms. The standard InChI is InChI=1S/C25H26N2O4/c1-25(2,3)22(28)17-31-23(29)15-14-18-16-27(19-10-6-5-7-11-19)26-24(18)20-12-8-9-13-21(20)30-4/h5-16H,17H2,1-4H3/b15-14+. The number of hydrogen-bond donors (Lipinski definition) is 0. The van der Waals surface area contributed by atoms with Crippen molar-refractivity contribution in [3.8, 4) is 22.7 Å². The highest BCUT2D eigenvalue weighted by Crippen LogP contribution is 2.32. The summed E-state index contributed by atoms with van der Waals surface area (Å²) in [5.41, 5.74) is 2.51. The Labute approximate surface area is 182 Å². The summed E-state index contributed by atoms with van der Waals surface area (Å²) in [4.78, 5) is 24.2. The van der Waals surface area contributed by atoms with Gasteiger partial charge in [-0.05, 0) is 30.3 Å². The van der Waals surface area contributed by atoms with Gasteiger partial charge in [0.25, 0.3) is 0 Å². The maximum atomic E-state index is 12.2. The molecule has 160 valence electrons. The molecule has 3 aromatic rings. The number of aromatic nitrogens is 2. The van der Waals surface area contributed by atoms with Crippen LogP contribution >= 0.6 is 0 Å². The molecule has 1 aromatic heterocycles. The van der Waals surface area contributed by atoms with Crippen LogP contribution in [0.25, 0.3) is 23.0 Å². The zero-order valence-electron chi connectivity index (χ0n) is 18.2. The Morgan fingerprint density at radius 2 is 1.71 bits per heavy atom. The lowest BCUT2D eigenvalue weighted by Crippen LogP contribution is -2.25. The Hall–Kier alpha value is -3.67. The number of nitrogens with zero attached hydrogens (tertiary/aromatic N) is 2. The second-order valence-electron chi connectivity index (χ2n) is 8.03. The van der Waals surface area contributed by atoms with E-state index in [9.17, 15) is 9.59 Å². The Morgan fingerprint density at radius 3 is 2.39 bits per heavy atom. The van der Waals surface area contributed by atoms with Gasteiger partial charge in [-0.15, -0.1) is 0 Å². The number of esters is 1. The van der Waals surface area contributed by atoms with Gasteiger partial charge in [0.15, 0.2) is 12.4 Å². The van der Waals surface area contributed by atoms with Gasteiger partial charge in [-0.1, -0.05) is 51.1 Å². The molecule has 0 N–H and O–H groups in total. The van der Waals surface area contributed by atoms with Gasteiger partial charge in [-0.25, -0.2) is 9.48 Å². The number of carbonyl (C=O) groups excluding carboxylic acids is 2. The molecule has 0 aliphatic carbocycles. The summed E-state index contributed by atoms with van der Waals surface area (Å²) < 4.78 is 12.3. The monoisotopic (exact) mass is 418 g/mol. The fraction of sp³-hybridized carbons (Fsp3) is 0.240. The van der Waals surface area contributed by atoms with Crippen LogP contribution in [0.4, 0.5) is 0 Å². The van der Waals surface area contributed by atoms with Crippen LogP contribution in [0, 0.1) is 5.41 Å². The second kappa shape index (κ2) is 9.43. The van der Waals surface area contributed by atoms with Crippen molar-refractivity contribution in [1.29, 1.82) is 0 Å². The third kappa shape index (κ3) is 5.48. The zero-order valence-corrected chi connectivity index (χ0v) is 18.2. The smallest absolute Gasteiger partial charge is 0.331 e. The van der Waals surface area contributed by atoms with Crippen LogP contribution in [0.2, 0.25) is 0 Å². The summed E-state index contributed by atoms with van der Waals surface area (Å²) >= 11 is 0. The first kappa shape index (κ1) is 22.0. The summed E-state index contributed by atoms with van der Waals surface area (Å²) in [6, 6.07) is 17.2. The van der Waals surface area contributed by atoms with Crippen molar-refractivity contribution in [3.63, 3.8) is 0 Å². The van der Waals surface area contributed by atoms with E-state index in [1.165, 1.54) is 6.08 Å². The van der Waals surface area contributed by atoms with Gasteiger partial charge in [0.1, 0.15) is 11.4 Å². The quantitative estimate of drug-likeness (QED) is 0.410. The lowest BCUT2D eigenvalue weighted by Gasteiger charge is -2.15. The Kier molecular flexibility index (Phi) is 6.70. The highest BCUT2D eigenvalue weighted by atomic mass is 16.5. The predicted octanol–water partition coefficient (Wildman–Crippen LogP) is 4.72. The molecule has 0 saturated heterocycles. The average molecular weight is 418 g/mol. The fourth-order valence-electron chi connectivity index (χ4n) is 2.83. The summed E-state index contributed by atoms with van der Waals surface area (Å²) in [5.74, 6) is -0.0503. The van der Waals surface area contributed by atoms with Crippen LogP contribution in [0.5, 0.6) is 5.75 Å². The third-order valence-corrected chi connectivity index (χ3v) is 4.71. The molecular weight excluding hydrogens is 392 g/mol. The minimum absolute atomic E-state index is 0.138. The molecule has 6 heteroatoms. The molecule has 0 aliphatic heterocycles. The van der Waals surface area contributed by atoms with E-state index in [0.29, 0.717) is 17.0 Å². The zero-order chi connectivity index (χ0) is 22.4. The SMILES string of the molecule is COc1ccccc1-c1nn(-c2ccccc2)cc1/C=C/C(=O)OCC(=O)C(C)(C)C. The largest absolute Gasteiger partial charge is 0.496 e. The molecule has 0 fully saturated rings. The Bertz CT molecular complexity index is 1090. The number of ether oxygens (including phenoxy) is 2. The summed E-state index contributed by atoms with van der Waals surface area (Å²) in [6.45, 7) is 5.11. The number of benzene rings is 2. The van der Waals surface area contributed by atoms with Gasteiger partial charge in [0, 0.05) is 28.8 Å². The van der Waals surface area contributed by atoms with E-state index in [4.69, 9.17) is 14.6 Å². The van der Waals surface area contributed by atoms with E-state index in [-0.39, 0.29) is 12.4 Å². The maximum Gasteiger partial charge on any atom is 0.331 e. The Morgan fingerprint density at radius 1 is 1.03 bits per heavy atom. The first-order valence-corrected chi connectivity index (χ1v) is 9.96. The molecule has 2 aromatic carbocycles. The van der Waals surface area contributed by atoms with E-state index < -0.39 is 11.4 Å². The first-order chi connectivity index (χ1) is 14.8. The van der Waals surface area contributed by atoms with E-state index in [1.807, 2.05) is 60.8 Å². The lowest BCUT2D eigenvalue weighted by atomic mass is 9.91. The van der Waals surface area contributed by atoms with Crippen LogP contribution < -0.4 is 4.74 Å². The van der Waals surface area contributed by atoms with Gasteiger partial charge in [0.2, 0.25) is 0 Å². The fourth-order valence-corrected chi connectivity index (χ4v) is 2.83. The molecule has 0 unspecified atom stereocenters. The van der Waals surface area contributed by atoms with Crippen molar-refractivity contribution in [2.75, 3.05) is 13.7 Å². The number of methoxy groups -OCH3 is 1. The van der Waals surface area contributed by atoms with Crippen molar-refractivity contribution in [1.82, 2.24) is 9.78 Å². The number of para-hydroxylation sites is 2. The van der Waals surface area contributed by atoms with Crippen molar-refractivity contribution < 1.29 is 19.1 Å². The van der Waals surface area contributed by atoms with E-state index >= 15 is 0 Å². The molecular formula is C25H26N2O4. The second-order valence-corrected chi connectivity index (χ2v) is 8.03. The van der Waals surface area contributed by atoms with Crippen LogP contribution in [-0.2, 0) is 14.3 Å². The first-order valence-electron chi connectivity index (χ1n) is 9.96. The van der Waals surface area contributed by atoms with Crippen molar-refractivity contribution in [3.05, 3.63) is 72.4 Å². The van der Waals surface area contributed by atoms with Crippen molar-refractivity contribution in [2.24, 2.45) is 5.41 Å². The van der Waals surface area contributed by atoms with Crippen LogP contribution in [0.1, 0.15) is 26.3 Å². The van der Waals surface area contributed by atoms with E-state index in [2.05, 4.69) is 0 Å². The molecule has 6 nitrogen and oxygen atoms in total. The van der Waals surface area contributed by atoms with Crippen molar-refractivity contribution in [2.45, 2.75) is 20.8 Å². The van der Waals surface area contributed by atoms with Crippen LogP contribution in [0.15, 0.2) is 66.9 Å². The number of Topliss-reactive ketones (excluding diaryl/α,β-unsaturated/α-hetero) is 1. The summed E-state index contributed by atoms with van der Waals surface area (Å²) in [6.07, 6.45) is 4.78. The molecule has 1 heterocycles. The number of carbonyl (C=O) groups is 2. The van der Waals surface area contributed by atoms with Crippen LogP contribution in [-0.4, -0.2) is 35.2 Å². The minimum Gasteiger partial charge on any atom is -0.496 e. The van der Waals surface area contributed by atoms with Gasteiger partial charge in [-0.2, -0.15) is 5.10 Å². The van der Waals surface area contributed by atoms with Crippen LogP contribution in [0.3, 0.4) is 0 Å².